The molecule has 0 unspecified atom stereocenters. The summed E-state index contributed by atoms with van der Waals surface area (Å²) < 4.78 is 11.0. The first-order valence-corrected chi connectivity index (χ1v) is 6.20. The second-order valence-electron chi connectivity index (χ2n) is 4.63. The van der Waals surface area contributed by atoms with Gasteiger partial charge in [-0.2, -0.15) is 0 Å². The number of carbonyl (C=O) groups is 1. The van der Waals surface area contributed by atoms with Crippen LogP contribution in [0.25, 0.3) is 0 Å². The van der Waals surface area contributed by atoms with Crippen molar-refractivity contribution in [1.82, 2.24) is 0 Å². The predicted molar refractivity (Wildman–Crippen MR) is 67.2 cm³/mol. The highest BCUT2D eigenvalue weighted by Crippen LogP contribution is 2.33. The van der Waals surface area contributed by atoms with Crippen LogP contribution in [-0.4, -0.2) is 24.8 Å². The molecule has 1 fully saturated rings. The van der Waals surface area contributed by atoms with E-state index < -0.39 is 5.97 Å². The van der Waals surface area contributed by atoms with Crippen molar-refractivity contribution in [3.8, 4) is 11.5 Å². The standard InChI is InChI=1S/C14H18O4/c1-17-12-6-4-10(5-7-14(15)16)8-13(12)18-9-11-2-3-11/h4,6,8,11H,2-3,5,7,9H2,1H3,(H,15,16). The number of hydrogen-bond donors (Lipinski definition) is 1. The zero-order chi connectivity index (χ0) is 13.0. The molecule has 0 saturated heterocycles. The van der Waals surface area contributed by atoms with Crippen molar-refractivity contribution in [2.75, 3.05) is 13.7 Å². The van der Waals surface area contributed by atoms with Crippen molar-refractivity contribution in [3.63, 3.8) is 0 Å². The third-order valence-corrected chi connectivity index (χ3v) is 3.03. The lowest BCUT2D eigenvalue weighted by Gasteiger charge is -2.11. The predicted octanol–water partition coefficient (Wildman–Crippen LogP) is 2.50. The Kier molecular flexibility index (Phi) is 4.07. The van der Waals surface area contributed by atoms with Crippen molar-refractivity contribution in [2.24, 2.45) is 5.92 Å². The average Bonchev–Trinajstić information content (AvgIpc) is 3.18. The number of hydrogen-bond acceptors (Lipinski definition) is 3. The van der Waals surface area contributed by atoms with Crippen molar-refractivity contribution in [3.05, 3.63) is 23.8 Å². The SMILES string of the molecule is COc1ccc(CCC(=O)O)cc1OCC1CC1. The van der Waals surface area contributed by atoms with Crippen LogP contribution in [0, 0.1) is 5.92 Å². The molecule has 0 radical (unpaired) electrons. The number of benzene rings is 1. The summed E-state index contributed by atoms with van der Waals surface area (Å²) in [5.41, 5.74) is 0.962. The first-order valence-electron chi connectivity index (χ1n) is 6.20. The maximum Gasteiger partial charge on any atom is 0.303 e. The molecule has 1 saturated carbocycles. The van der Waals surface area contributed by atoms with Gasteiger partial charge in [0.2, 0.25) is 0 Å². The summed E-state index contributed by atoms with van der Waals surface area (Å²) in [7, 11) is 1.61. The van der Waals surface area contributed by atoms with E-state index in [2.05, 4.69) is 0 Å². The number of ether oxygens (including phenoxy) is 2. The normalized spacial score (nSPS) is 14.3. The zero-order valence-electron chi connectivity index (χ0n) is 10.5. The van der Waals surface area contributed by atoms with Crippen molar-refractivity contribution < 1.29 is 19.4 Å². The summed E-state index contributed by atoms with van der Waals surface area (Å²) >= 11 is 0. The van der Waals surface area contributed by atoms with Gasteiger partial charge >= 0.3 is 5.97 Å². The van der Waals surface area contributed by atoms with Gasteiger partial charge in [-0.1, -0.05) is 6.07 Å². The highest BCUT2D eigenvalue weighted by atomic mass is 16.5. The smallest absolute Gasteiger partial charge is 0.303 e. The Morgan fingerprint density at radius 3 is 2.78 bits per heavy atom. The summed E-state index contributed by atoms with van der Waals surface area (Å²) in [6, 6.07) is 5.59. The quantitative estimate of drug-likeness (QED) is 0.807. The highest BCUT2D eigenvalue weighted by molar-refractivity contribution is 5.67. The summed E-state index contributed by atoms with van der Waals surface area (Å²) in [5, 5.41) is 8.67. The van der Waals surface area contributed by atoms with Crippen LogP contribution < -0.4 is 9.47 Å². The summed E-state index contributed by atoms with van der Waals surface area (Å²) in [5.74, 6) is 1.31. The third-order valence-electron chi connectivity index (χ3n) is 3.03. The van der Waals surface area contributed by atoms with E-state index in [0.29, 0.717) is 23.8 Å². The minimum absolute atomic E-state index is 0.133. The minimum atomic E-state index is -0.786. The monoisotopic (exact) mass is 250 g/mol. The molecule has 1 aliphatic rings. The van der Waals surface area contributed by atoms with Gasteiger partial charge in [-0.15, -0.1) is 0 Å². The highest BCUT2D eigenvalue weighted by Gasteiger charge is 2.22. The van der Waals surface area contributed by atoms with Crippen LogP contribution >= 0.6 is 0 Å². The van der Waals surface area contributed by atoms with E-state index >= 15 is 0 Å². The van der Waals surface area contributed by atoms with Crippen LogP contribution in [0.2, 0.25) is 0 Å². The molecule has 2 rings (SSSR count). The molecule has 0 spiro atoms. The zero-order valence-corrected chi connectivity index (χ0v) is 10.5. The van der Waals surface area contributed by atoms with Gasteiger partial charge in [0.05, 0.1) is 13.7 Å². The summed E-state index contributed by atoms with van der Waals surface area (Å²) in [6.45, 7) is 0.721. The van der Waals surface area contributed by atoms with Gasteiger partial charge in [-0.3, -0.25) is 4.79 Å². The number of aryl methyl sites for hydroxylation is 1. The fraction of sp³-hybridized carbons (Fsp3) is 0.500. The molecule has 0 aliphatic heterocycles. The molecule has 1 aromatic rings. The van der Waals surface area contributed by atoms with E-state index in [1.54, 1.807) is 7.11 Å². The maximum atomic E-state index is 10.5. The lowest BCUT2D eigenvalue weighted by Crippen LogP contribution is -2.02. The Bertz CT molecular complexity index is 424. The van der Waals surface area contributed by atoms with Crippen LogP contribution in [0.1, 0.15) is 24.8 Å². The molecule has 0 atom stereocenters. The first kappa shape index (κ1) is 12.7. The number of carboxylic acid groups (broad SMARTS) is 1. The van der Waals surface area contributed by atoms with Gasteiger partial charge in [0.15, 0.2) is 11.5 Å². The molecule has 4 nitrogen and oxygen atoms in total. The third kappa shape index (κ3) is 3.65. The molecule has 18 heavy (non-hydrogen) atoms. The van der Waals surface area contributed by atoms with Crippen molar-refractivity contribution >= 4 is 5.97 Å². The van der Waals surface area contributed by atoms with Crippen LogP contribution in [0.3, 0.4) is 0 Å². The molecule has 4 heteroatoms. The van der Waals surface area contributed by atoms with Gasteiger partial charge in [0.25, 0.3) is 0 Å². The van der Waals surface area contributed by atoms with Crippen LogP contribution in [0.15, 0.2) is 18.2 Å². The lowest BCUT2D eigenvalue weighted by molar-refractivity contribution is -0.136. The molecule has 1 aliphatic carbocycles. The molecule has 0 heterocycles. The Labute approximate surface area is 107 Å². The van der Waals surface area contributed by atoms with E-state index in [1.165, 1.54) is 12.8 Å². The van der Waals surface area contributed by atoms with E-state index in [0.717, 1.165) is 12.2 Å². The maximum absolute atomic E-state index is 10.5. The lowest BCUT2D eigenvalue weighted by atomic mass is 10.1. The van der Waals surface area contributed by atoms with Gasteiger partial charge in [-0.05, 0) is 42.9 Å². The Hall–Kier alpha value is -1.71. The molecule has 1 aromatic carbocycles. The Morgan fingerprint density at radius 1 is 1.39 bits per heavy atom. The molecular weight excluding hydrogens is 232 g/mol. The van der Waals surface area contributed by atoms with Gasteiger partial charge < -0.3 is 14.6 Å². The fourth-order valence-electron chi connectivity index (χ4n) is 1.73. The largest absolute Gasteiger partial charge is 0.493 e. The molecule has 0 aromatic heterocycles. The van der Waals surface area contributed by atoms with E-state index in [4.69, 9.17) is 14.6 Å². The minimum Gasteiger partial charge on any atom is -0.493 e. The van der Waals surface area contributed by atoms with Gasteiger partial charge in [0, 0.05) is 6.42 Å². The van der Waals surface area contributed by atoms with Crippen LogP contribution in [0.5, 0.6) is 11.5 Å². The van der Waals surface area contributed by atoms with E-state index in [1.807, 2.05) is 18.2 Å². The summed E-state index contributed by atoms with van der Waals surface area (Å²) in [4.78, 5) is 10.5. The van der Waals surface area contributed by atoms with Gasteiger partial charge in [-0.25, -0.2) is 0 Å². The molecular formula is C14H18O4. The van der Waals surface area contributed by atoms with E-state index in [9.17, 15) is 4.79 Å². The second-order valence-corrected chi connectivity index (χ2v) is 4.63. The number of aliphatic carboxylic acids is 1. The van der Waals surface area contributed by atoms with Crippen LogP contribution in [0.4, 0.5) is 0 Å². The molecule has 1 N–H and O–H groups in total. The summed E-state index contributed by atoms with van der Waals surface area (Å²) in [6.07, 6.45) is 3.12. The number of methoxy groups -OCH3 is 1. The number of rotatable bonds is 7. The van der Waals surface area contributed by atoms with E-state index in [-0.39, 0.29) is 6.42 Å². The Balaban J connectivity index is 2.02. The van der Waals surface area contributed by atoms with Crippen molar-refractivity contribution in [1.29, 1.82) is 0 Å². The van der Waals surface area contributed by atoms with Crippen LogP contribution in [-0.2, 0) is 11.2 Å². The van der Waals surface area contributed by atoms with Crippen molar-refractivity contribution in [2.45, 2.75) is 25.7 Å². The molecule has 98 valence electrons. The molecule has 0 amide bonds. The first-order chi connectivity index (χ1) is 8.69. The fourth-order valence-corrected chi connectivity index (χ4v) is 1.73. The Morgan fingerprint density at radius 2 is 2.17 bits per heavy atom. The number of carboxylic acids is 1. The topological polar surface area (TPSA) is 55.8 Å². The van der Waals surface area contributed by atoms with Gasteiger partial charge in [0.1, 0.15) is 0 Å². The molecule has 0 bridgehead atoms. The second kappa shape index (κ2) is 5.76. The average molecular weight is 250 g/mol.